The summed E-state index contributed by atoms with van der Waals surface area (Å²) in [5.41, 5.74) is -0.498. The minimum absolute atomic E-state index is 0.104. The van der Waals surface area contributed by atoms with Crippen molar-refractivity contribution in [3.63, 3.8) is 0 Å². The predicted octanol–water partition coefficient (Wildman–Crippen LogP) is 4.47. The number of fused-ring (bicyclic) bond motifs is 1. The number of benzene rings is 1. The van der Waals surface area contributed by atoms with Crippen molar-refractivity contribution in [3.8, 4) is 0 Å². The van der Waals surface area contributed by atoms with Gasteiger partial charge >= 0.3 is 5.97 Å². The number of likely N-dealkylation sites (tertiary alicyclic amines) is 1. The molecule has 8 atom stereocenters. The summed E-state index contributed by atoms with van der Waals surface area (Å²) >= 11 is 3.73. The predicted molar refractivity (Wildman–Crippen MR) is 182 cm³/mol. The molecule has 0 radical (unpaired) electrons. The Morgan fingerprint density at radius 3 is 2.49 bits per heavy atom. The number of nitrogens with one attached hydrogen (secondary N) is 1. The fraction of sp³-hybridized carbons (Fsp3) is 0.611. The van der Waals surface area contributed by atoms with Crippen molar-refractivity contribution < 1.29 is 33.8 Å². The average Bonchev–Trinajstić information content (AvgIpc) is 3.64. The number of esters is 1. The number of amides is 3. The zero-order chi connectivity index (χ0) is 34.3. The molecule has 3 saturated heterocycles. The minimum atomic E-state index is -1.21. The Hall–Kier alpha value is -3.02. The molecule has 10 nitrogen and oxygen atoms in total. The number of rotatable bonds is 18. The van der Waals surface area contributed by atoms with Gasteiger partial charge in [0.2, 0.25) is 17.7 Å². The molecule has 1 aromatic rings. The summed E-state index contributed by atoms with van der Waals surface area (Å²) in [5, 5.41) is 12.2. The van der Waals surface area contributed by atoms with Crippen molar-refractivity contribution in [2.75, 3.05) is 19.7 Å². The molecular formula is C36H50BrN3O7. The maximum atomic E-state index is 14.4. The van der Waals surface area contributed by atoms with Crippen molar-refractivity contribution >= 4 is 39.6 Å². The Balaban J connectivity index is 1.67. The van der Waals surface area contributed by atoms with Crippen LogP contribution in [0, 0.1) is 11.8 Å². The number of unbranched alkanes of at least 4 members (excludes halogenated alkanes) is 3. The summed E-state index contributed by atoms with van der Waals surface area (Å²) < 4.78 is 12.9. The van der Waals surface area contributed by atoms with E-state index in [0.717, 1.165) is 12.8 Å². The molecule has 1 spiro atoms. The fourth-order valence-electron chi connectivity index (χ4n) is 7.46. The molecule has 47 heavy (non-hydrogen) atoms. The van der Waals surface area contributed by atoms with E-state index in [0.29, 0.717) is 44.3 Å². The topological polar surface area (TPSA) is 125 Å². The highest BCUT2D eigenvalue weighted by Gasteiger charge is 2.77. The van der Waals surface area contributed by atoms with Gasteiger partial charge in [0.15, 0.2) is 0 Å². The quantitative estimate of drug-likeness (QED) is 0.0995. The van der Waals surface area contributed by atoms with Crippen molar-refractivity contribution in [2.45, 2.75) is 106 Å². The lowest BCUT2D eigenvalue weighted by Gasteiger charge is -2.38. The molecule has 0 saturated carbocycles. The highest BCUT2D eigenvalue weighted by atomic mass is 79.9. The molecule has 1 aromatic carbocycles. The summed E-state index contributed by atoms with van der Waals surface area (Å²) in [7, 11) is 0. The minimum Gasteiger partial charge on any atom is -0.455 e. The molecule has 4 rings (SSSR count). The third-order valence-corrected chi connectivity index (χ3v) is 10.5. The van der Waals surface area contributed by atoms with Crippen molar-refractivity contribution in [3.05, 3.63) is 61.2 Å². The van der Waals surface area contributed by atoms with Crippen LogP contribution in [0.25, 0.3) is 0 Å². The van der Waals surface area contributed by atoms with Gasteiger partial charge in [-0.2, -0.15) is 0 Å². The second-order valence-corrected chi connectivity index (χ2v) is 14.3. The maximum Gasteiger partial charge on any atom is 0.313 e. The lowest BCUT2D eigenvalue weighted by atomic mass is 9.70. The van der Waals surface area contributed by atoms with E-state index in [1.807, 2.05) is 44.2 Å². The summed E-state index contributed by atoms with van der Waals surface area (Å²) in [5.74, 6) is -3.13. The monoisotopic (exact) mass is 715 g/mol. The first-order valence-corrected chi connectivity index (χ1v) is 17.7. The smallest absolute Gasteiger partial charge is 0.313 e. The first-order chi connectivity index (χ1) is 22.5. The van der Waals surface area contributed by atoms with E-state index in [1.165, 1.54) is 0 Å². The normalized spacial score (nSPS) is 27.3. The third-order valence-electron chi connectivity index (χ3n) is 9.62. The zero-order valence-corrected chi connectivity index (χ0v) is 29.4. The number of aliphatic hydroxyl groups excluding tert-OH is 1. The first-order valence-electron chi connectivity index (χ1n) is 16.8. The van der Waals surface area contributed by atoms with Crippen molar-refractivity contribution in [1.82, 2.24) is 15.1 Å². The third kappa shape index (κ3) is 7.67. The van der Waals surface area contributed by atoms with Crippen LogP contribution in [-0.2, 0) is 28.7 Å². The molecule has 11 heteroatoms. The zero-order valence-electron chi connectivity index (χ0n) is 27.8. The van der Waals surface area contributed by atoms with Crippen molar-refractivity contribution in [1.29, 1.82) is 0 Å². The standard InChI is InChI=1S/C36H50BrN3O7/c1-6-8-18-27(42)38-24(5)30(25-16-12-11-13-17-25)46-35(45)28-29-33(43)40(20-14-9-10-15-21-41)32(34(44)39(19-7-2)23(3)4)36(29)22-26(37)31(28)47-36/h6-7,11-13,16-17,23-24,26,28-32,41H,1-2,8-10,14-15,18-22H2,3-5H3,(H,38,42)/t24-,26?,28+,29-,30-,31+,32+,36-/m0/s1. The van der Waals surface area contributed by atoms with Gasteiger partial charge in [0.1, 0.15) is 17.7 Å². The molecule has 258 valence electrons. The van der Waals surface area contributed by atoms with Crippen LogP contribution >= 0.6 is 15.9 Å². The summed E-state index contributed by atoms with van der Waals surface area (Å²) in [6.45, 7) is 13.9. The molecule has 3 fully saturated rings. The van der Waals surface area contributed by atoms with Gasteiger partial charge < -0.3 is 29.7 Å². The molecule has 0 aliphatic carbocycles. The van der Waals surface area contributed by atoms with Gasteiger partial charge in [0.25, 0.3) is 0 Å². The average molecular weight is 717 g/mol. The Morgan fingerprint density at radius 2 is 1.85 bits per heavy atom. The van der Waals surface area contributed by atoms with Crippen LogP contribution in [0.1, 0.15) is 77.4 Å². The van der Waals surface area contributed by atoms with Crippen LogP contribution in [0.4, 0.5) is 0 Å². The molecular weight excluding hydrogens is 666 g/mol. The highest BCUT2D eigenvalue weighted by Crippen LogP contribution is 2.60. The summed E-state index contributed by atoms with van der Waals surface area (Å²) in [4.78, 5) is 58.8. The Morgan fingerprint density at radius 1 is 1.15 bits per heavy atom. The summed E-state index contributed by atoms with van der Waals surface area (Å²) in [6, 6.07) is 7.60. The van der Waals surface area contributed by atoms with Gasteiger partial charge in [-0.15, -0.1) is 13.2 Å². The molecule has 3 aliphatic heterocycles. The Labute approximate surface area is 287 Å². The largest absolute Gasteiger partial charge is 0.455 e. The molecule has 3 amide bonds. The maximum absolute atomic E-state index is 14.4. The van der Waals surface area contributed by atoms with E-state index in [1.54, 1.807) is 28.9 Å². The van der Waals surface area contributed by atoms with Crippen molar-refractivity contribution in [2.24, 2.45) is 11.8 Å². The number of nitrogens with zero attached hydrogens (tertiary/aromatic N) is 2. The lowest BCUT2D eigenvalue weighted by molar-refractivity contribution is -0.162. The number of hydrogen-bond donors (Lipinski definition) is 2. The van der Waals surface area contributed by atoms with Crippen LogP contribution in [0.3, 0.4) is 0 Å². The van der Waals surface area contributed by atoms with E-state index in [9.17, 15) is 24.3 Å². The Kier molecular flexibility index (Phi) is 12.8. The molecule has 3 aliphatic rings. The number of halogens is 1. The number of aliphatic hydroxyl groups is 1. The van der Waals surface area contributed by atoms with Gasteiger partial charge in [-0.05, 0) is 52.0 Å². The van der Waals surface area contributed by atoms with Crippen LogP contribution in [0.15, 0.2) is 55.6 Å². The van der Waals surface area contributed by atoms with Gasteiger partial charge in [0.05, 0.1) is 24.0 Å². The molecule has 3 heterocycles. The first kappa shape index (κ1) is 36.8. The highest BCUT2D eigenvalue weighted by molar-refractivity contribution is 9.09. The number of carbonyl (C=O) groups is 4. The number of allylic oxidation sites excluding steroid dienone is 1. The second-order valence-electron chi connectivity index (χ2n) is 13.2. The lowest BCUT2D eigenvalue weighted by Crippen LogP contribution is -2.58. The van der Waals surface area contributed by atoms with E-state index in [4.69, 9.17) is 9.47 Å². The van der Waals surface area contributed by atoms with Gasteiger partial charge in [-0.1, -0.05) is 71.3 Å². The molecule has 1 unspecified atom stereocenters. The van der Waals surface area contributed by atoms with Gasteiger partial charge in [0, 0.05) is 37.0 Å². The van der Waals surface area contributed by atoms with Gasteiger partial charge in [-0.25, -0.2) is 0 Å². The van der Waals surface area contributed by atoms with Crippen LogP contribution in [0.5, 0.6) is 0 Å². The van der Waals surface area contributed by atoms with E-state index in [2.05, 4.69) is 34.4 Å². The molecule has 0 aromatic heterocycles. The van der Waals surface area contributed by atoms with Gasteiger partial charge in [-0.3, -0.25) is 19.2 Å². The fourth-order valence-corrected chi connectivity index (χ4v) is 8.40. The second kappa shape index (κ2) is 16.4. The van der Waals surface area contributed by atoms with E-state index >= 15 is 0 Å². The van der Waals surface area contributed by atoms with E-state index < -0.39 is 47.7 Å². The Bertz CT molecular complexity index is 1290. The number of carbonyl (C=O) groups excluding carboxylic acids is 4. The van der Waals surface area contributed by atoms with Crippen LogP contribution < -0.4 is 5.32 Å². The number of hydrogen-bond acceptors (Lipinski definition) is 7. The van der Waals surface area contributed by atoms with E-state index in [-0.39, 0.29) is 41.6 Å². The summed E-state index contributed by atoms with van der Waals surface area (Å²) in [6.07, 6.45) is 5.95. The number of alkyl halides is 1. The SMILES string of the molecule is C=CCCC(=O)N[C@@H](C)[C@H](OC(=O)[C@H]1[C@@H]2O[C@@]3(CC2Br)[C@@H]1C(=O)N(CCCCCCO)[C@@H]3C(=O)N(CC=C)C(C)C)c1ccccc1. The number of ether oxygens (including phenoxy) is 2. The van der Waals surface area contributed by atoms with Crippen LogP contribution in [0.2, 0.25) is 0 Å². The molecule has 2 N–H and O–H groups in total. The van der Waals surface area contributed by atoms with Crippen LogP contribution in [-0.4, -0.2) is 93.0 Å². The molecule has 2 bridgehead atoms.